The Labute approximate surface area is 117 Å². The van der Waals surface area contributed by atoms with E-state index in [0.29, 0.717) is 6.04 Å². The number of benzene rings is 1. The minimum atomic E-state index is -4.26. The predicted molar refractivity (Wildman–Crippen MR) is 72.5 cm³/mol. The molecule has 4 heteroatoms. The highest BCUT2D eigenvalue weighted by molar-refractivity contribution is 5.32. The maximum absolute atomic E-state index is 12.8. The molecule has 0 spiro atoms. The summed E-state index contributed by atoms with van der Waals surface area (Å²) in [5.41, 5.74) is 0.124. The summed E-state index contributed by atoms with van der Waals surface area (Å²) in [6.07, 6.45) is -0.812. The van der Waals surface area contributed by atoms with Crippen LogP contribution in [0.5, 0.6) is 0 Å². The van der Waals surface area contributed by atoms with Gasteiger partial charge >= 0.3 is 6.18 Å². The molecule has 1 saturated carbocycles. The predicted octanol–water partition coefficient (Wildman–Crippen LogP) is 4.34. The van der Waals surface area contributed by atoms with Crippen molar-refractivity contribution in [2.75, 3.05) is 0 Å². The third-order valence-corrected chi connectivity index (χ3v) is 4.73. The lowest BCUT2D eigenvalue weighted by Crippen LogP contribution is -2.40. The zero-order chi connectivity index (χ0) is 14.5. The van der Waals surface area contributed by atoms with Gasteiger partial charge in [0.15, 0.2) is 0 Å². The summed E-state index contributed by atoms with van der Waals surface area (Å²) < 4.78 is 38.5. The van der Waals surface area contributed by atoms with Gasteiger partial charge in [0.1, 0.15) is 0 Å². The first-order valence-corrected chi connectivity index (χ1v) is 7.22. The van der Waals surface area contributed by atoms with Crippen LogP contribution in [0.2, 0.25) is 0 Å². The van der Waals surface area contributed by atoms with Crippen LogP contribution < -0.4 is 5.32 Å². The Balaban J connectivity index is 1.88. The van der Waals surface area contributed by atoms with Crippen molar-refractivity contribution in [3.05, 3.63) is 35.4 Å². The largest absolute Gasteiger partial charge is 0.416 e. The van der Waals surface area contributed by atoms with Crippen LogP contribution in [-0.2, 0) is 6.18 Å². The third-order valence-electron chi connectivity index (χ3n) is 4.73. The van der Waals surface area contributed by atoms with Gasteiger partial charge in [0.25, 0.3) is 0 Å². The summed E-state index contributed by atoms with van der Waals surface area (Å²) in [6.45, 7) is 4.20. The Kier molecular flexibility index (Phi) is 3.12. The van der Waals surface area contributed by atoms with Gasteiger partial charge in [-0.25, -0.2) is 0 Å². The maximum atomic E-state index is 12.8. The van der Waals surface area contributed by atoms with E-state index in [2.05, 4.69) is 19.2 Å². The second-order valence-corrected chi connectivity index (χ2v) is 6.72. The van der Waals surface area contributed by atoms with Crippen molar-refractivity contribution < 1.29 is 13.2 Å². The van der Waals surface area contributed by atoms with E-state index in [1.807, 2.05) is 6.07 Å². The molecule has 2 atom stereocenters. The lowest BCUT2D eigenvalue weighted by molar-refractivity contribution is -0.137. The molecule has 1 aromatic rings. The second-order valence-electron chi connectivity index (χ2n) is 6.72. The Morgan fingerprint density at radius 2 is 1.90 bits per heavy atom. The second kappa shape index (κ2) is 4.48. The minimum absolute atomic E-state index is 0.141. The number of nitrogens with one attached hydrogen (secondary N) is 1. The van der Waals surface area contributed by atoms with Crippen molar-refractivity contribution >= 4 is 0 Å². The van der Waals surface area contributed by atoms with E-state index in [9.17, 15) is 13.2 Å². The van der Waals surface area contributed by atoms with E-state index in [4.69, 9.17) is 0 Å². The number of hydrogen-bond acceptors (Lipinski definition) is 1. The molecule has 0 aromatic heterocycles. The van der Waals surface area contributed by atoms with E-state index in [0.717, 1.165) is 24.0 Å². The first-order chi connectivity index (χ1) is 9.27. The molecular formula is C16H20F3N. The molecule has 1 saturated heterocycles. The van der Waals surface area contributed by atoms with Crippen LogP contribution >= 0.6 is 0 Å². The van der Waals surface area contributed by atoms with Crippen molar-refractivity contribution in [1.82, 2.24) is 5.32 Å². The molecule has 1 heterocycles. The molecule has 1 aliphatic heterocycles. The Hall–Kier alpha value is -1.03. The summed E-state index contributed by atoms with van der Waals surface area (Å²) in [5, 5.41) is 3.62. The smallest absolute Gasteiger partial charge is 0.308 e. The van der Waals surface area contributed by atoms with Crippen molar-refractivity contribution in [2.45, 2.75) is 56.8 Å². The van der Waals surface area contributed by atoms with Gasteiger partial charge in [-0.15, -0.1) is 0 Å². The van der Waals surface area contributed by atoms with Crippen LogP contribution in [-0.4, -0.2) is 11.6 Å². The molecule has 20 heavy (non-hydrogen) atoms. The van der Waals surface area contributed by atoms with Gasteiger partial charge in [-0.3, -0.25) is 0 Å². The van der Waals surface area contributed by atoms with Crippen LogP contribution in [0.1, 0.15) is 50.2 Å². The summed E-state index contributed by atoms with van der Waals surface area (Å²) in [6, 6.07) is 6.29. The van der Waals surface area contributed by atoms with Gasteiger partial charge in [0.05, 0.1) is 5.56 Å². The van der Waals surface area contributed by atoms with E-state index in [1.54, 1.807) is 0 Å². The zero-order valence-corrected chi connectivity index (χ0v) is 11.8. The van der Waals surface area contributed by atoms with Crippen LogP contribution in [0.3, 0.4) is 0 Å². The zero-order valence-electron chi connectivity index (χ0n) is 11.8. The number of hydrogen-bond donors (Lipinski definition) is 1. The third kappa shape index (κ3) is 2.58. The summed E-state index contributed by atoms with van der Waals surface area (Å²) in [4.78, 5) is 0. The van der Waals surface area contributed by atoms with Gasteiger partial charge in [0, 0.05) is 17.5 Å². The first kappa shape index (κ1) is 13.9. The fourth-order valence-electron chi connectivity index (χ4n) is 3.48. The topological polar surface area (TPSA) is 12.0 Å². The minimum Gasteiger partial charge on any atom is -0.308 e. The van der Waals surface area contributed by atoms with Crippen molar-refractivity contribution in [3.8, 4) is 0 Å². The molecule has 0 amide bonds. The van der Waals surface area contributed by atoms with Crippen molar-refractivity contribution in [1.29, 1.82) is 0 Å². The summed E-state index contributed by atoms with van der Waals surface area (Å²) in [7, 11) is 0. The summed E-state index contributed by atoms with van der Waals surface area (Å²) >= 11 is 0. The van der Waals surface area contributed by atoms with E-state index in [-0.39, 0.29) is 11.5 Å². The Morgan fingerprint density at radius 3 is 2.50 bits per heavy atom. The van der Waals surface area contributed by atoms with Gasteiger partial charge in [-0.2, -0.15) is 13.2 Å². The van der Waals surface area contributed by atoms with Crippen molar-refractivity contribution in [3.63, 3.8) is 0 Å². The quantitative estimate of drug-likeness (QED) is 0.851. The number of alkyl halides is 3. The van der Waals surface area contributed by atoms with E-state index >= 15 is 0 Å². The molecule has 1 nitrogen and oxygen atoms in total. The monoisotopic (exact) mass is 283 g/mol. The van der Waals surface area contributed by atoms with Crippen molar-refractivity contribution in [2.24, 2.45) is 5.92 Å². The van der Waals surface area contributed by atoms with Gasteiger partial charge in [-0.1, -0.05) is 18.2 Å². The van der Waals surface area contributed by atoms with E-state index < -0.39 is 11.7 Å². The molecule has 0 radical (unpaired) electrons. The molecule has 2 fully saturated rings. The van der Waals surface area contributed by atoms with Gasteiger partial charge < -0.3 is 5.32 Å². The highest BCUT2D eigenvalue weighted by Crippen LogP contribution is 2.46. The molecule has 110 valence electrons. The van der Waals surface area contributed by atoms with Crippen LogP contribution in [0.25, 0.3) is 0 Å². The molecular weight excluding hydrogens is 263 g/mol. The highest BCUT2D eigenvalue weighted by atomic mass is 19.4. The van der Waals surface area contributed by atoms with Crippen LogP contribution in [0.15, 0.2) is 24.3 Å². The van der Waals surface area contributed by atoms with Crippen LogP contribution in [0.4, 0.5) is 13.2 Å². The summed E-state index contributed by atoms with van der Waals surface area (Å²) in [5.74, 6) is 0.875. The fraction of sp³-hybridized carbons (Fsp3) is 0.625. The van der Waals surface area contributed by atoms with Gasteiger partial charge in [-0.05, 0) is 50.7 Å². The lowest BCUT2D eigenvalue weighted by atomic mass is 9.82. The van der Waals surface area contributed by atoms with Crippen LogP contribution in [0, 0.1) is 5.92 Å². The molecule has 1 N–H and O–H groups in total. The Morgan fingerprint density at radius 1 is 1.20 bits per heavy atom. The molecule has 3 rings (SSSR count). The molecule has 1 aromatic carbocycles. The lowest BCUT2D eigenvalue weighted by Gasteiger charge is -2.28. The van der Waals surface area contributed by atoms with E-state index in [1.165, 1.54) is 25.0 Å². The first-order valence-electron chi connectivity index (χ1n) is 7.22. The molecule has 1 aliphatic carbocycles. The molecule has 2 aliphatic rings. The highest BCUT2D eigenvalue weighted by Gasteiger charge is 2.46. The standard InChI is InChI=1S/C16H20F3N/c1-15(2)13(9-14(20-15)10-6-7-10)11-4-3-5-12(8-11)16(17,18)19/h3-5,8,10,13-14,20H,6-7,9H2,1-2H3. The fourth-order valence-corrected chi connectivity index (χ4v) is 3.48. The normalized spacial score (nSPS) is 29.6. The average Bonchev–Trinajstić information content (AvgIpc) is 3.13. The van der Waals surface area contributed by atoms with Gasteiger partial charge in [0.2, 0.25) is 0 Å². The number of halogens is 3. The maximum Gasteiger partial charge on any atom is 0.416 e. The average molecular weight is 283 g/mol. The Bertz CT molecular complexity index is 503. The number of rotatable bonds is 2. The SMILES string of the molecule is CC1(C)NC(C2CC2)CC1c1cccc(C(F)(F)F)c1. The molecule has 0 bridgehead atoms. The molecule has 2 unspecified atom stereocenters.